The monoisotopic (exact) mass is 253 g/mol. The molecule has 0 radical (unpaired) electrons. The van der Waals surface area contributed by atoms with Crippen LogP contribution in [0, 0.1) is 5.92 Å². The number of likely N-dealkylation sites (N-methyl/N-ethyl adjacent to an activating group) is 1. The van der Waals surface area contributed by atoms with Gasteiger partial charge < -0.3 is 10.0 Å². The summed E-state index contributed by atoms with van der Waals surface area (Å²) in [7, 11) is 2.06. The first-order valence-corrected chi connectivity index (χ1v) is 7.02. The largest absolute Gasteiger partial charge is 0.481 e. The average Bonchev–Trinajstić information content (AvgIpc) is 2.96. The van der Waals surface area contributed by atoms with Crippen LogP contribution < -0.4 is 0 Å². The molecule has 94 valence electrons. The Hall–Kier alpha value is -0.870. The highest BCUT2D eigenvalue weighted by molar-refractivity contribution is 7.09. The van der Waals surface area contributed by atoms with E-state index >= 15 is 0 Å². The molecule has 3 nitrogen and oxygen atoms in total. The average molecular weight is 253 g/mol. The van der Waals surface area contributed by atoms with Gasteiger partial charge in [-0.3, -0.25) is 4.79 Å². The predicted molar refractivity (Wildman–Crippen MR) is 69.4 cm³/mol. The van der Waals surface area contributed by atoms with Gasteiger partial charge in [0.25, 0.3) is 0 Å². The minimum Gasteiger partial charge on any atom is -0.481 e. The summed E-state index contributed by atoms with van der Waals surface area (Å²) in [5.74, 6) is -0.793. The van der Waals surface area contributed by atoms with Crippen LogP contribution in [-0.2, 0) is 11.2 Å². The fourth-order valence-electron chi connectivity index (χ4n) is 2.66. The van der Waals surface area contributed by atoms with Crippen LogP contribution in [0.5, 0.6) is 0 Å². The molecule has 2 rings (SSSR count). The minimum atomic E-state index is -0.629. The third-order valence-electron chi connectivity index (χ3n) is 3.65. The van der Waals surface area contributed by atoms with Crippen molar-refractivity contribution < 1.29 is 9.90 Å². The normalized spacial score (nSPS) is 24.4. The van der Waals surface area contributed by atoms with Gasteiger partial charge in [0.2, 0.25) is 0 Å². The van der Waals surface area contributed by atoms with Gasteiger partial charge in [-0.25, -0.2) is 0 Å². The first-order valence-electron chi connectivity index (χ1n) is 6.14. The van der Waals surface area contributed by atoms with E-state index in [1.807, 2.05) is 0 Å². The van der Waals surface area contributed by atoms with Crippen molar-refractivity contribution in [3.63, 3.8) is 0 Å². The van der Waals surface area contributed by atoms with Crippen molar-refractivity contribution in [3.05, 3.63) is 22.4 Å². The lowest BCUT2D eigenvalue weighted by Gasteiger charge is -2.27. The molecule has 1 aromatic rings. The van der Waals surface area contributed by atoms with E-state index in [2.05, 4.69) is 29.5 Å². The van der Waals surface area contributed by atoms with Crippen molar-refractivity contribution in [1.82, 2.24) is 4.90 Å². The number of aliphatic carboxylic acids is 1. The zero-order chi connectivity index (χ0) is 12.3. The number of carbonyl (C=O) groups is 1. The van der Waals surface area contributed by atoms with Gasteiger partial charge in [-0.05, 0) is 37.8 Å². The van der Waals surface area contributed by atoms with E-state index < -0.39 is 5.97 Å². The quantitative estimate of drug-likeness (QED) is 0.876. The summed E-state index contributed by atoms with van der Waals surface area (Å²) in [5, 5.41) is 11.2. The van der Waals surface area contributed by atoms with Crippen molar-refractivity contribution >= 4 is 17.3 Å². The Morgan fingerprint density at radius 1 is 1.59 bits per heavy atom. The predicted octanol–water partition coefficient (Wildman–Crippen LogP) is 2.48. The molecule has 2 unspecified atom stereocenters. The molecule has 0 amide bonds. The van der Waals surface area contributed by atoms with E-state index in [1.165, 1.54) is 4.88 Å². The molecule has 0 aliphatic heterocycles. The second kappa shape index (κ2) is 5.65. The van der Waals surface area contributed by atoms with Gasteiger partial charge in [0, 0.05) is 17.5 Å². The van der Waals surface area contributed by atoms with Crippen LogP contribution in [0.2, 0.25) is 0 Å². The second-order valence-corrected chi connectivity index (χ2v) is 5.79. The number of rotatable bonds is 5. The zero-order valence-corrected chi connectivity index (χ0v) is 10.9. The number of hydrogen-bond acceptors (Lipinski definition) is 3. The molecule has 1 fully saturated rings. The topological polar surface area (TPSA) is 40.5 Å². The summed E-state index contributed by atoms with van der Waals surface area (Å²) < 4.78 is 0. The van der Waals surface area contributed by atoms with E-state index in [1.54, 1.807) is 11.3 Å². The molecule has 0 aromatic carbocycles. The lowest BCUT2D eigenvalue weighted by Crippen LogP contribution is -2.39. The van der Waals surface area contributed by atoms with E-state index in [9.17, 15) is 4.79 Å². The number of carboxylic acids is 1. The Bertz CT molecular complexity index is 364. The van der Waals surface area contributed by atoms with E-state index in [0.29, 0.717) is 0 Å². The van der Waals surface area contributed by atoms with Gasteiger partial charge in [-0.15, -0.1) is 11.3 Å². The van der Waals surface area contributed by atoms with Crippen molar-refractivity contribution in [1.29, 1.82) is 0 Å². The van der Waals surface area contributed by atoms with Crippen LogP contribution in [0.1, 0.15) is 24.1 Å². The molecular formula is C13H19NO2S. The van der Waals surface area contributed by atoms with Gasteiger partial charge >= 0.3 is 5.97 Å². The third kappa shape index (κ3) is 3.07. The van der Waals surface area contributed by atoms with Crippen molar-refractivity contribution in [2.24, 2.45) is 5.92 Å². The highest BCUT2D eigenvalue weighted by atomic mass is 32.1. The van der Waals surface area contributed by atoms with Crippen molar-refractivity contribution in [2.45, 2.75) is 31.7 Å². The van der Waals surface area contributed by atoms with E-state index in [4.69, 9.17) is 5.11 Å². The molecule has 1 saturated carbocycles. The van der Waals surface area contributed by atoms with Crippen LogP contribution in [-0.4, -0.2) is 35.6 Å². The lowest BCUT2D eigenvalue weighted by molar-refractivity contribution is -0.143. The molecule has 0 bridgehead atoms. The summed E-state index contributed by atoms with van der Waals surface area (Å²) in [6.45, 7) is 0.953. The van der Waals surface area contributed by atoms with Crippen LogP contribution in [0.3, 0.4) is 0 Å². The number of hydrogen-bond donors (Lipinski definition) is 1. The molecular weight excluding hydrogens is 234 g/mol. The van der Waals surface area contributed by atoms with Crippen LogP contribution in [0.15, 0.2) is 17.5 Å². The number of thiophene rings is 1. The van der Waals surface area contributed by atoms with Crippen LogP contribution in [0.4, 0.5) is 0 Å². The minimum absolute atomic E-state index is 0.164. The van der Waals surface area contributed by atoms with Crippen molar-refractivity contribution in [3.8, 4) is 0 Å². The summed E-state index contributed by atoms with van der Waals surface area (Å²) in [4.78, 5) is 14.7. The molecule has 1 aliphatic rings. The molecule has 0 saturated heterocycles. The standard InChI is InChI=1S/C13H19NO2S/c1-14(8-7-10-4-3-9-17-10)12-6-2-5-11(12)13(15)16/h3-4,9,11-12H,2,5-8H2,1H3,(H,15,16). The smallest absolute Gasteiger partial charge is 0.308 e. The summed E-state index contributed by atoms with van der Waals surface area (Å²) in [6, 6.07) is 4.43. The number of carboxylic acid groups (broad SMARTS) is 1. The molecule has 1 N–H and O–H groups in total. The first kappa shape index (κ1) is 12.6. The van der Waals surface area contributed by atoms with Gasteiger partial charge in [0.1, 0.15) is 0 Å². The van der Waals surface area contributed by atoms with Gasteiger partial charge in [-0.2, -0.15) is 0 Å². The maximum absolute atomic E-state index is 11.1. The first-order chi connectivity index (χ1) is 8.18. The Morgan fingerprint density at radius 3 is 3.06 bits per heavy atom. The Morgan fingerprint density at radius 2 is 2.41 bits per heavy atom. The highest BCUT2D eigenvalue weighted by Gasteiger charge is 2.35. The molecule has 4 heteroatoms. The molecule has 1 aliphatic carbocycles. The molecule has 2 atom stereocenters. The lowest BCUT2D eigenvalue weighted by atomic mass is 10.0. The zero-order valence-electron chi connectivity index (χ0n) is 10.1. The fourth-order valence-corrected chi connectivity index (χ4v) is 3.36. The summed E-state index contributed by atoms with van der Waals surface area (Å²) in [5.41, 5.74) is 0. The Kier molecular flexibility index (Phi) is 4.18. The highest BCUT2D eigenvalue weighted by Crippen LogP contribution is 2.29. The van der Waals surface area contributed by atoms with Gasteiger partial charge in [0.05, 0.1) is 5.92 Å². The summed E-state index contributed by atoms with van der Waals surface area (Å²) >= 11 is 1.77. The Labute approximate surface area is 106 Å². The molecule has 17 heavy (non-hydrogen) atoms. The molecule has 1 heterocycles. The maximum Gasteiger partial charge on any atom is 0.308 e. The van der Waals surface area contributed by atoms with Crippen molar-refractivity contribution in [2.75, 3.05) is 13.6 Å². The van der Waals surface area contributed by atoms with E-state index in [-0.39, 0.29) is 12.0 Å². The molecule has 1 aromatic heterocycles. The Balaban J connectivity index is 1.86. The third-order valence-corrected chi connectivity index (χ3v) is 4.59. The molecule has 0 spiro atoms. The SMILES string of the molecule is CN(CCc1cccs1)C1CCCC1C(=O)O. The van der Waals surface area contributed by atoms with Crippen LogP contribution >= 0.6 is 11.3 Å². The second-order valence-electron chi connectivity index (χ2n) is 4.75. The van der Waals surface area contributed by atoms with Crippen LogP contribution in [0.25, 0.3) is 0 Å². The van der Waals surface area contributed by atoms with Gasteiger partial charge in [0.15, 0.2) is 0 Å². The fraction of sp³-hybridized carbons (Fsp3) is 0.615. The van der Waals surface area contributed by atoms with Gasteiger partial charge in [-0.1, -0.05) is 12.5 Å². The number of nitrogens with zero attached hydrogens (tertiary/aromatic N) is 1. The maximum atomic E-state index is 11.1. The summed E-state index contributed by atoms with van der Waals surface area (Å²) in [6.07, 6.45) is 3.93. The van der Waals surface area contributed by atoms with E-state index in [0.717, 1.165) is 32.2 Å².